The Bertz CT molecular complexity index is 432. The van der Waals surface area contributed by atoms with Gasteiger partial charge in [0.2, 0.25) is 5.91 Å². The molecule has 0 radical (unpaired) electrons. The Morgan fingerprint density at radius 3 is 2.41 bits per heavy atom. The predicted octanol–water partition coefficient (Wildman–Crippen LogP) is 3.07. The maximum absolute atomic E-state index is 11.8. The van der Waals surface area contributed by atoms with E-state index in [-0.39, 0.29) is 29.8 Å². The molecule has 1 unspecified atom stereocenters. The molecule has 5 heteroatoms. The van der Waals surface area contributed by atoms with E-state index in [0.29, 0.717) is 13.2 Å². The van der Waals surface area contributed by atoms with Gasteiger partial charge in [0.05, 0.1) is 12.1 Å². The van der Waals surface area contributed by atoms with Crippen molar-refractivity contribution in [3.8, 4) is 0 Å². The van der Waals surface area contributed by atoms with Gasteiger partial charge in [-0.2, -0.15) is 0 Å². The molecule has 126 valence electrons. The van der Waals surface area contributed by atoms with Crippen LogP contribution >= 0.6 is 12.4 Å². The molecule has 1 aromatic carbocycles. The maximum Gasteiger partial charge on any atom is 0.237 e. The fourth-order valence-corrected chi connectivity index (χ4v) is 1.87. The van der Waals surface area contributed by atoms with E-state index >= 15 is 0 Å². The molecule has 1 rings (SSSR count). The van der Waals surface area contributed by atoms with Crippen LogP contribution in [0.15, 0.2) is 30.3 Å². The summed E-state index contributed by atoms with van der Waals surface area (Å²) < 4.78 is 5.76. The number of ether oxygens (including phenoxy) is 1. The van der Waals surface area contributed by atoms with Crippen molar-refractivity contribution in [2.75, 3.05) is 13.2 Å². The first kappa shape index (κ1) is 20.9. The molecule has 0 aliphatic heterocycles. The van der Waals surface area contributed by atoms with Crippen LogP contribution in [0.4, 0.5) is 0 Å². The third-order valence-electron chi connectivity index (χ3n) is 3.47. The fraction of sp³-hybridized carbons (Fsp3) is 0.588. The first-order valence-electron chi connectivity index (χ1n) is 7.52. The van der Waals surface area contributed by atoms with E-state index in [1.165, 1.54) is 0 Å². The lowest BCUT2D eigenvalue weighted by atomic mass is 9.87. The molecule has 0 saturated heterocycles. The van der Waals surface area contributed by atoms with Crippen LogP contribution in [0.25, 0.3) is 0 Å². The van der Waals surface area contributed by atoms with Gasteiger partial charge in [-0.1, -0.05) is 51.1 Å². The number of hydrogen-bond donors (Lipinski definition) is 2. The molecule has 3 N–H and O–H groups in total. The molecule has 1 amide bonds. The van der Waals surface area contributed by atoms with E-state index in [9.17, 15) is 4.79 Å². The molecule has 2 atom stereocenters. The van der Waals surface area contributed by atoms with Crippen LogP contribution in [0.5, 0.6) is 0 Å². The monoisotopic (exact) mass is 328 g/mol. The van der Waals surface area contributed by atoms with Gasteiger partial charge in [0.25, 0.3) is 0 Å². The van der Waals surface area contributed by atoms with Crippen LogP contribution < -0.4 is 11.1 Å². The van der Waals surface area contributed by atoms with Crippen molar-refractivity contribution < 1.29 is 9.53 Å². The van der Waals surface area contributed by atoms with Gasteiger partial charge in [-0.3, -0.25) is 4.79 Å². The Morgan fingerprint density at radius 1 is 1.27 bits per heavy atom. The number of halogens is 1. The molecule has 0 bridgehead atoms. The zero-order valence-electron chi connectivity index (χ0n) is 14.0. The van der Waals surface area contributed by atoms with E-state index < -0.39 is 6.04 Å². The van der Waals surface area contributed by atoms with Crippen LogP contribution in [-0.4, -0.2) is 25.1 Å². The summed E-state index contributed by atoms with van der Waals surface area (Å²) in [4.78, 5) is 11.8. The molecule has 22 heavy (non-hydrogen) atoms. The molecule has 0 spiro atoms. The highest BCUT2D eigenvalue weighted by molar-refractivity contribution is 5.85. The summed E-state index contributed by atoms with van der Waals surface area (Å²) in [5.41, 5.74) is 6.83. The van der Waals surface area contributed by atoms with Gasteiger partial charge in [0.1, 0.15) is 0 Å². The highest BCUT2D eigenvalue weighted by atomic mass is 35.5. The van der Waals surface area contributed by atoms with Crippen molar-refractivity contribution in [3.05, 3.63) is 35.9 Å². The third-order valence-corrected chi connectivity index (χ3v) is 3.47. The molecule has 0 saturated carbocycles. The summed E-state index contributed by atoms with van der Waals surface area (Å²) in [5.74, 6) is -0.0985. The minimum absolute atomic E-state index is 0. The number of nitrogens with two attached hydrogens (primary N) is 1. The highest BCUT2D eigenvalue weighted by Gasteiger charge is 2.26. The Balaban J connectivity index is 0.00000441. The first-order chi connectivity index (χ1) is 9.82. The second-order valence-corrected chi connectivity index (χ2v) is 6.41. The number of nitrogens with one attached hydrogen (secondary N) is 1. The summed E-state index contributed by atoms with van der Waals surface area (Å²) in [6.07, 6.45) is 0.846. The number of carbonyl (C=O) groups is 1. The fourth-order valence-electron chi connectivity index (χ4n) is 1.87. The number of amides is 1. The van der Waals surface area contributed by atoms with Gasteiger partial charge in [-0.15, -0.1) is 12.4 Å². The van der Waals surface area contributed by atoms with Gasteiger partial charge in [-0.05, 0) is 24.3 Å². The average molecular weight is 329 g/mol. The number of benzene rings is 1. The normalized spacial score (nSPS) is 13.9. The van der Waals surface area contributed by atoms with Crippen molar-refractivity contribution in [2.45, 2.75) is 46.3 Å². The van der Waals surface area contributed by atoms with Crippen LogP contribution in [0.1, 0.15) is 45.8 Å². The Morgan fingerprint density at radius 2 is 1.86 bits per heavy atom. The third kappa shape index (κ3) is 7.25. The molecule has 4 nitrogen and oxygen atoms in total. The van der Waals surface area contributed by atoms with Crippen LogP contribution in [0, 0.1) is 5.41 Å². The molecule has 0 heterocycles. The topological polar surface area (TPSA) is 64.3 Å². The Kier molecular flexibility index (Phi) is 9.33. The number of rotatable bonds is 7. The van der Waals surface area contributed by atoms with Crippen LogP contribution in [0.2, 0.25) is 0 Å². The van der Waals surface area contributed by atoms with E-state index in [4.69, 9.17) is 10.5 Å². The molecule has 1 aromatic rings. The summed E-state index contributed by atoms with van der Waals surface area (Å²) in [5, 5.41) is 2.86. The Labute approximate surface area is 140 Å². The van der Waals surface area contributed by atoms with E-state index in [1.54, 1.807) is 0 Å². The number of carbonyl (C=O) groups excluding carboxylic acids is 1. The van der Waals surface area contributed by atoms with E-state index in [1.807, 2.05) is 45.9 Å². The standard InChI is InChI=1S/C17H28N2O2.ClH/c1-13(14-9-6-5-7-10-14)21-12-8-11-19-16(20)15(18)17(2,3)4;/h5-7,9-10,13,15H,8,11-12,18H2,1-4H3,(H,19,20);1H/t13?,15-;/m1./s1. The van der Waals surface area contributed by atoms with Gasteiger partial charge in [0, 0.05) is 13.2 Å². The van der Waals surface area contributed by atoms with E-state index in [0.717, 1.165) is 12.0 Å². The van der Waals surface area contributed by atoms with Crippen LogP contribution in [-0.2, 0) is 9.53 Å². The number of hydrogen-bond acceptors (Lipinski definition) is 3. The largest absolute Gasteiger partial charge is 0.374 e. The lowest BCUT2D eigenvalue weighted by molar-refractivity contribution is -0.124. The lowest BCUT2D eigenvalue weighted by Gasteiger charge is -2.25. The maximum atomic E-state index is 11.8. The zero-order chi connectivity index (χ0) is 15.9. The molecule has 0 aliphatic rings. The van der Waals surface area contributed by atoms with Gasteiger partial charge < -0.3 is 15.8 Å². The highest BCUT2D eigenvalue weighted by Crippen LogP contribution is 2.17. The molecule has 0 aromatic heterocycles. The zero-order valence-corrected chi connectivity index (χ0v) is 14.8. The second kappa shape index (κ2) is 9.82. The van der Waals surface area contributed by atoms with E-state index in [2.05, 4.69) is 17.4 Å². The minimum Gasteiger partial charge on any atom is -0.374 e. The SMILES string of the molecule is CC(OCCCNC(=O)[C@@H](N)C(C)(C)C)c1ccccc1.Cl. The second-order valence-electron chi connectivity index (χ2n) is 6.41. The average Bonchev–Trinajstić information content (AvgIpc) is 2.45. The van der Waals surface area contributed by atoms with Crippen molar-refractivity contribution in [3.63, 3.8) is 0 Å². The van der Waals surface area contributed by atoms with Crippen molar-refractivity contribution >= 4 is 18.3 Å². The predicted molar refractivity (Wildman–Crippen MR) is 93.1 cm³/mol. The van der Waals surface area contributed by atoms with Gasteiger partial charge >= 0.3 is 0 Å². The van der Waals surface area contributed by atoms with Crippen molar-refractivity contribution in [2.24, 2.45) is 11.1 Å². The smallest absolute Gasteiger partial charge is 0.237 e. The summed E-state index contributed by atoms with van der Waals surface area (Å²) in [6.45, 7) is 9.11. The summed E-state index contributed by atoms with van der Waals surface area (Å²) >= 11 is 0. The summed E-state index contributed by atoms with van der Waals surface area (Å²) in [6, 6.07) is 9.61. The lowest BCUT2D eigenvalue weighted by Crippen LogP contribution is -2.48. The molecule has 0 aliphatic carbocycles. The molecule has 0 fully saturated rings. The minimum atomic E-state index is -0.485. The quantitative estimate of drug-likeness (QED) is 0.756. The van der Waals surface area contributed by atoms with Crippen LogP contribution in [0.3, 0.4) is 0 Å². The van der Waals surface area contributed by atoms with Crippen molar-refractivity contribution in [1.29, 1.82) is 0 Å². The summed E-state index contributed by atoms with van der Waals surface area (Å²) in [7, 11) is 0. The molecular weight excluding hydrogens is 300 g/mol. The van der Waals surface area contributed by atoms with Gasteiger partial charge in [-0.25, -0.2) is 0 Å². The first-order valence-corrected chi connectivity index (χ1v) is 7.52. The van der Waals surface area contributed by atoms with Crippen molar-refractivity contribution in [1.82, 2.24) is 5.32 Å². The molecular formula is C17H29ClN2O2. The van der Waals surface area contributed by atoms with Gasteiger partial charge in [0.15, 0.2) is 0 Å². The Hall–Kier alpha value is -1.10.